The Morgan fingerprint density at radius 1 is 0.765 bits per heavy atom. The van der Waals surface area contributed by atoms with E-state index in [9.17, 15) is 0 Å². The maximum absolute atomic E-state index is 3.63. The minimum Gasteiger partial charge on any atom is -0.0590 e. The third-order valence-electron chi connectivity index (χ3n) is 2.80. The van der Waals surface area contributed by atoms with Gasteiger partial charge in [0.25, 0.3) is 0 Å². The van der Waals surface area contributed by atoms with Gasteiger partial charge in [-0.25, -0.2) is 0 Å². The maximum Gasteiger partial charge on any atom is 0.0213 e. The Morgan fingerprint density at radius 3 is 1.53 bits per heavy atom. The van der Waals surface area contributed by atoms with Gasteiger partial charge < -0.3 is 0 Å². The average molecular weight is 354 g/mol. The van der Waals surface area contributed by atoms with E-state index in [4.69, 9.17) is 0 Å². The molecule has 0 saturated carbocycles. The summed E-state index contributed by atoms with van der Waals surface area (Å²) >= 11 is 7.26. The minimum atomic E-state index is 0.946. The highest BCUT2D eigenvalue weighted by Gasteiger charge is 2.05. The molecule has 2 aromatic carbocycles. The molecule has 0 N–H and O–H groups in total. The summed E-state index contributed by atoms with van der Waals surface area (Å²) in [5, 5.41) is 0. The SMILES string of the molecule is Cc1ccc(Cc2ccc(C)cc2Br)c(Br)c1. The molecule has 0 aromatic heterocycles. The summed E-state index contributed by atoms with van der Waals surface area (Å²) < 4.78 is 2.37. The second-order valence-electron chi connectivity index (χ2n) is 4.37. The Balaban J connectivity index is 2.31. The number of rotatable bonds is 2. The number of hydrogen-bond donors (Lipinski definition) is 0. The molecule has 0 aliphatic heterocycles. The molecule has 0 amide bonds. The minimum absolute atomic E-state index is 0.946. The van der Waals surface area contributed by atoms with Crippen LogP contribution < -0.4 is 0 Å². The predicted molar refractivity (Wildman–Crippen MR) is 80.6 cm³/mol. The fourth-order valence-electron chi connectivity index (χ4n) is 1.80. The van der Waals surface area contributed by atoms with E-state index in [1.807, 2.05) is 0 Å². The summed E-state index contributed by atoms with van der Waals surface area (Å²) in [4.78, 5) is 0. The zero-order valence-corrected chi connectivity index (χ0v) is 13.1. The zero-order valence-electron chi connectivity index (χ0n) is 9.93. The highest BCUT2D eigenvalue weighted by molar-refractivity contribution is 9.10. The van der Waals surface area contributed by atoms with Crippen molar-refractivity contribution in [3.8, 4) is 0 Å². The monoisotopic (exact) mass is 352 g/mol. The molecule has 0 spiro atoms. The molecule has 88 valence electrons. The molecular formula is C15H14Br2. The summed E-state index contributed by atoms with van der Waals surface area (Å²) in [6.45, 7) is 4.21. The van der Waals surface area contributed by atoms with Gasteiger partial charge in [-0.1, -0.05) is 56.1 Å². The van der Waals surface area contributed by atoms with E-state index in [1.54, 1.807) is 0 Å². The normalized spacial score (nSPS) is 10.6. The molecule has 0 nitrogen and oxygen atoms in total. The fraction of sp³-hybridized carbons (Fsp3) is 0.200. The van der Waals surface area contributed by atoms with Crippen LogP contribution in [0.2, 0.25) is 0 Å². The highest BCUT2D eigenvalue weighted by Crippen LogP contribution is 2.25. The highest BCUT2D eigenvalue weighted by atomic mass is 79.9. The van der Waals surface area contributed by atoms with Gasteiger partial charge in [-0.3, -0.25) is 0 Å². The van der Waals surface area contributed by atoms with Crippen LogP contribution in [0.25, 0.3) is 0 Å². The predicted octanol–water partition coefficient (Wildman–Crippen LogP) is 5.42. The third kappa shape index (κ3) is 3.20. The first kappa shape index (κ1) is 12.8. The van der Waals surface area contributed by atoms with Crippen LogP contribution in [0.1, 0.15) is 22.3 Å². The lowest BCUT2D eigenvalue weighted by Crippen LogP contribution is -1.92. The van der Waals surface area contributed by atoms with Crippen LogP contribution >= 0.6 is 31.9 Å². The van der Waals surface area contributed by atoms with E-state index in [0.29, 0.717) is 0 Å². The van der Waals surface area contributed by atoms with E-state index < -0.39 is 0 Å². The van der Waals surface area contributed by atoms with Crippen LogP contribution in [-0.4, -0.2) is 0 Å². The van der Waals surface area contributed by atoms with Gasteiger partial charge in [0, 0.05) is 8.95 Å². The molecule has 2 aromatic rings. The largest absolute Gasteiger partial charge is 0.0590 e. The van der Waals surface area contributed by atoms with Crippen molar-refractivity contribution in [1.29, 1.82) is 0 Å². The van der Waals surface area contributed by atoms with Crippen LogP contribution in [0.4, 0.5) is 0 Å². The van der Waals surface area contributed by atoms with Gasteiger partial charge >= 0.3 is 0 Å². The van der Waals surface area contributed by atoms with Gasteiger partial charge in [-0.05, 0) is 54.7 Å². The summed E-state index contributed by atoms with van der Waals surface area (Å²) in [6, 6.07) is 13.0. The van der Waals surface area contributed by atoms with E-state index in [-0.39, 0.29) is 0 Å². The lowest BCUT2D eigenvalue weighted by Gasteiger charge is -2.08. The van der Waals surface area contributed by atoms with Gasteiger partial charge in [0.1, 0.15) is 0 Å². The summed E-state index contributed by atoms with van der Waals surface area (Å²) in [7, 11) is 0. The zero-order chi connectivity index (χ0) is 12.4. The lowest BCUT2D eigenvalue weighted by molar-refractivity contribution is 1.15. The quantitative estimate of drug-likeness (QED) is 0.676. The standard InChI is InChI=1S/C15H14Br2/c1-10-3-5-12(14(16)7-10)9-13-6-4-11(2)8-15(13)17/h3-8H,9H2,1-2H3. The van der Waals surface area contributed by atoms with Crippen molar-refractivity contribution in [2.75, 3.05) is 0 Å². The van der Waals surface area contributed by atoms with Crippen molar-refractivity contribution in [2.24, 2.45) is 0 Å². The molecule has 0 bridgehead atoms. The number of aryl methyl sites for hydroxylation is 2. The summed E-state index contributed by atoms with van der Waals surface area (Å²) in [5.74, 6) is 0. The van der Waals surface area contributed by atoms with Gasteiger partial charge in [-0.15, -0.1) is 0 Å². The van der Waals surface area contributed by atoms with Crippen molar-refractivity contribution in [1.82, 2.24) is 0 Å². The fourth-order valence-corrected chi connectivity index (χ4v) is 3.06. The van der Waals surface area contributed by atoms with Crippen LogP contribution in [0, 0.1) is 13.8 Å². The Morgan fingerprint density at radius 2 is 1.18 bits per heavy atom. The van der Waals surface area contributed by atoms with Gasteiger partial charge in [-0.2, -0.15) is 0 Å². The Bertz CT molecular complexity index is 495. The Kier molecular flexibility index (Phi) is 4.05. The van der Waals surface area contributed by atoms with Gasteiger partial charge in [0.15, 0.2) is 0 Å². The maximum atomic E-state index is 3.63. The molecular weight excluding hydrogens is 340 g/mol. The van der Waals surface area contributed by atoms with Crippen LogP contribution in [0.3, 0.4) is 0 Å². The Labute approximate surface area is 119 Å². The van der Waals surface area contributed by atoms with Crippen LogP contribution in [0.5, 0.6) is 0 Å². The molecule has 0 aliphatic carbocycles. The molecule has 0 aliphatic rings. The summed E-state index contributed by atoms with van der Waals surface area (Å²) in [5.41, 5.74) is 5.20. The number of halogens is 2. The van der Waals surface area contributed by atoms with E-state index >= 15 is 0 Å². The first-order valence-corrected chi connectivity index (χ1v) is 7.15. The summed E-state index contributed by atoms with van der Waals surface area (Å²) in [6.07, 6.45) is 0.946. The topological polar surface area (TPSA) is 0 Å². The van der Waals surface area contributed by atoms with Crippen molar-refractivity contribution >= 4 is 31.9 Å². The molecule has 0 saturated heterocycles. The second kappa shape index (κ2) is 5.36. The van der Waals surface area contributed by atoms with Gasteiger partial charge in [0.2, 0.25) is 0 Å². The smallest absolute Gasteiger partial charge is 0.0213 e. The van der Waals surface area contributed by atoms with E-state index in [1.165, 1.54) is 31.2 Å². The van der Waals surface area contributed by atoms with Crippen molar-refractivity contribution in [2.45, 2.75) is 20.3 Å². The van der Waals surface area contributed by atoms with Crippen molar-refractivity contribution in [3.05, 3.63) is 67.6 Å². The molecule has 2 rings (SSSR count). The van der Waals surface area contributed by atoms with E-state index in [0.717, 1.165) is 6.42 Å². The number of hydrogen-bond acceptors (Lipinski definition) is 0. The van der Waals surface area contributed by atoms with Crippen LogP contribution in [0.15, 0.2) is 45.3 Å². The molecule has 0 atom stereocenters. The van der Waals surface area contributed by atoms with E-state index in [2.05, 4.69) is 82.1 Å². The van der Waals surface area contributed by atoms with Crippen molar-refractivity contribution in [3.63, 3.8) is 0 Å². The third-order valence-corrected chi connectivity index (χ3v) is 4.27. The lowest BCUT2D eigenvalue weighted by atomic mass is 10.0. The molecule has 0 radical (unpaired) electrons. The Hall–Kier alpha value is -0.600. The average Bonchev–Trinajstić information content (AvgIpc) is 2.25. The molecule has 0 unspecified atom stereocenters. The first-order chi connectivity index (χ1) is 8.06. The first-order valence-electron chi connectivity index (χ1n) is 5.56. The van der Waals surface area contributed by atoms with Crippen LogP contribution in [-0.2, 0) is 6.42 Å². The van der Waals surface area contributed by atoms with Gasteiger partial charge in [0.05, 0.1) is 0 Å². The second-order valence-corrected chi connectivity index (χ2v) is 6.08. The molecule has 17 heavy (non-hydrogen) atoms. The molecule has 2 heteroatoms. The van der Waals surface area contributed by atoms with Crippen molar-refractivity contribution < 1.29 is 0 Å². The number of benzene rings is 2. The molecule has 0 fully saturated rings. The molecule has 0 heterocycles.